The van der Waals surface area contributed by atoms with E-state index in [0.717, 1.165) is 11.1 Å². The number of pyridine rings is 1. The van der Waals surface area contributed by atoms with Crippen LogP contribution in [-0.2, 0) is 9.59 Å². The summed E-state index contributed by atoms with van der Waals surface area (Å²) < 4.78 is 0.315. The minimum atomic E-state index is -0.636. The number of hydrogen-bond donors (Lipinski definition) is 0. The third-order valence-corrected chi connectivity index (χ3v) is 2.88. The predicted molar refractivity (Wildman–Crippen MR) is 60.6 cm³/mol. The van der Waals surface area contributed by atoms with E-state index in [2.05, 4.69) is 20.9 Å². The van der Waals surface area contributed by atoms with Crippen molar-refractivity contribution in [1.29, 1.82) is 0 Å². The minimum absolute atomic E-state index is 0.0841. The van der Waals surface area contributed by atoms with Gasteiger partial charge in [0.15, 0.2) is 5.78 Å². The van der Waals surface area contributed by atoms with E-state index in [9.17, 15) is 19.7 Å². The molecule has 0 aliphatic carbocycles. The number of carbonyl (C=O) groups excluding carboxylic acids is 2. The van der Waals surface area contributed by atoms with Gasteiger partial charge in [-0.15, -0.1) is 0 Å². The molecule has 0 aromatic carbocycles. The first-order valence-corrected chi connectivity index (χ1v) is 5.40. The van der Waals surface area contributed by atoms with E-state index in [1.165, 1.54) is 6.20 Å². The van der Waals surface area contributed by atoms with E-state index in [0.29, 0.717) is 4.47 Å². The monoisotopic (exact) mass is 299 g/mol. The highest BCUT2D eigenvalue weighted by molar-refractivity contribution is 9.10. The highest BCUT2D eigenvalue weighted by atomic mass is 79.9. The van der Waals surface area contributed by atoms with Crippen molar-refractivity contribution in [2.45, 2.75) is 6.42 Å². The predicted octanol–water partition coefficient (Wildman–Crippen LogP) is 1.06. The number of aromatic nitrogens is 1. The maximum Gasteiger partial charge on any atom is 0.312 e. The molecule has 17 heavy (non-hydrogen) atoms. The van der Waals surface area contributed by atoms with E-state index in [4.69, 9.17) is 0 Å². The summed E-state index contributed by atoms with van der Waals surface area (Å²) in [6, 6.07) is 0. The molecule has 0 N–H and O–H groups in total. The molecular weight excluding hydrogens is 294 g/mol. The molecule has 1 aromatic heterocycles. The van der Waals surface area contributed by atoms with Crippen molar-refractivity contribution in [2.75, 3.05) is 11.4 Å². The van der Waals surface area contributed by atoms with Crippen LogP contribution >= 0.6 is 15.9 Å². The van der Waals surface area contributed by atoms with Crippen LogP contribution in [0.15, 0.2) is 16.9 Å². The fraction of sp³-hybridized carbons (Fsp3) is 0.222. The average Bonchev–Trinajstić information content (AvgIpc) is 2.57. The number of halogens is 1. The van der Waals surface area contributed by atoms with Crippen molar-refractivity contribution in [1.82, 2.24) is 4.98 Å². The molecule has 0 spiro atoms. The number of Topliss-reactive ketones (excluding diaryl/α,β-unsaturated/α-hetero) is 1. The molecular formula is C9H6BrN3O4. The largest absolute Gasteiger partial charge is 0.312 e. The summed E-state index contributed by atoms with van der Waals surface area (Å²) in [5, 5.41) is 10.8. The first-order valence-electron chi connectivity index (χ1n) is 4.60. The Kier molecular flexibility index (Phi) is 2.88. The van der Waals surface area contributed by atoms with E-state index in [1.807, 2.05) is 0 Å². The van der Waals surface area contributed by atoms with Crippen molar-refractivity contribution < 1.29 is 14.5 Å². The van der Waals surface area contributed by atoms with Gasteiger partial charge >= 0.3 is 5.69 Å². The maximum atomic E-state index is 11.6. The molecule has 8 heteroatoms. The lowest BCUT2D eigenvalue weighted by atomic mass is 10.3. The fourth-order valence-corrected chi connectivity index (χ4v) is 2.14. The van der Waals surface area contributed by atoms with Crippen LogP contribution in [0, 0.1) is 10.1 Å². The Morgan fingerprint density at radius 2 is 2.12 bits per heavy atom. The number of ketones is 1. The molecule has 1 amide bonds. The van der Waals surface area contributed by atoms with Crippen molar-refractivity contribution >= 4 is 39.0 Å². The van der Waals surface area contributed by atoms with Gasteiger partial charge in [-0.1, -0.05) is 0 Å². The van der Waals surface area contributed by atoms with Gasteiger partial charge in [0.05, 0.1) is 22.4 Å². The van der Waals surface area contributed by atoms with Gasteiger partial charge in [0, 0.05) is 6.20 Å². The lowest BCUT2D eigenvalue weighted by Gasteiger charge is -2.15. The second-order valence-electron chi connectivity index (χ2n) is 3.44. The van der Waals surface area contributed by atoms with Crippen LogP contribution in [0.2, 0.25) is 0 Å². The zero-order valence-corrected chi connectivity index (χ0v) is 10.0. The van der Waals surface area contributed by atoms with Crippen LogP contribution in [0.25, 0.3) is 0 Å². The molecule has 0 unspecified atom stereocenters. The molecule has 0 radical (unpaired) electrons. The van der Waals surface area contributed by atoms with Gasteiger partial charge in [0.25, 0.3) is 0 Å². The molecule has 2 rings (SSSR count). The summed E-state index contributed by atoms with van der Waals surface area (Å²) >= 11 is 3.10. The molecule has 0 saturated carbocycles. The molecule has 1 saturated heterocycles. The first-order chi connectivity index (χ1) is 8.00. The fourth-order valence-electron chi connectivity index (χ4n) is 1.61. The quantitative estimate of drug-likeness (QED) is 0.462. The van der Waals surface area contributed by atoms with Crippen molar-refractivity contribution in [2.24, 2.45) is 0 Å². The van der Waals surface area contributed by atoms with Gasteiger partial charge in [-0.25, -0.2) is 0 Å². The highest BCUT2D eigenvalue weighted by Gasteiger charge is 2.34. The number of nitrogens with zero attached hydrogens (tertiary/aromatic N) is 3. The van der Waals surface area contributed by atoms with Crippen LogP contribution in [0.3, 0.4) is 0 Å². The summed E-state index contributed by atoms with van der Waals surface area (Å²) in [4.78, 5) is 37.7. The summed E-state index contributed by atoms with van der Waals surface area (Å²) in [6.07, 6.45) is 2.18. The van der Waals surface area contributed by atoms with Gasteiger partial charge in [-0.3, -0.25) is 29.6 Å². The van der Waals surface area contributed by atoms with Crippen LogP contribution < -0.4 is 4.90 Å². The molecule has 0 atom stereocenters. The SMILES string of the molecule is O=C1CC(=O)N(c2c(Br)cncc2[N+](=O)[O-])C1. The maximum absolute atomic E-state index is 11.6. The second-order valence-corrected chi connectivity index (χ2v) is 4.30. The Bertz CT molecular complexity index is 531. The number of carbonyl (C=O) groups is 2. The van der Waals surface area contributed by atoms with Gasteiger partial charge in [0.1, 0.15) is 11.9 Å². The van der Waals surface area contributed by atoms with E-state index in [-0.39, 0.29) is 30.1 Å². The lowest BCUT2D eigenvalue weighted by Crippen LogP contribution is -2.26. The Morgan fingerprint density at radius 1 is 1.41 bits per heavy atom. The molecule has 88 valence electrons. The summed E-state index contributed by atoms with van der Waals surface area (Å²) in [7, 11) is 0. The Hall–Kier alpha value is -1.83. The normalized spacial score (nSPS) is 15.5. The van der Waals surface area contributed by atoms with E-state index >= 15 is 0 Å². The second kappa shape index (κ2) is 4.21. The molecule has 1 fully saturated rings. The number of nitro groups is 1. The zero-order valence-electron chi connectivity index (χ0n) is 8.42. The van der Waals surface area contributed by atoms with Crippen molar-refractivity contribution in [3.63, 3.8) is 0 Å². The number of anilines is 1. The summed E-state index contributed by atoms with van der Waals surface area (Å²) in [5.41, 5.74) is -0.219. The third-order valence-electron chi connectivity index (χ3n) is 2.30. The summed E-state index contributed by atoms with van der Waals surface area (Å²) in [5.74, 6) is -0.696. The Labute approximate surface area is 104 Å². The number of hydrogen-bond acceptors (Lipinski definition) is 5. The number of rotatable bonds is 2. The topological polar surface area (TPSA) is 93.4 Å². The molecule has 2 heterocycles. The standard InChI is InChI=1S/C9H6BrN3O4/c10-6-2-11-3-7(13(16)17)9(6)12-4-5(14)1-8(12)15/h2-3H,1,4H2. The first kappa shape index (κ1) is 11.6. The van der Waals surface area contributed by atoms with Crippen molar-refractivity contribution in [3.8, 4) is 0 Å². The van der Waals surface area contributed by atoms with Gasteiger partial charge in [0.2, 0.25) is 5.91 Å². The lowest BCUT2D eigenvalue weighted by molar-refractivity contribution is -0.384. The Morgan fingerprint density at radius 3 is 2.65 bits per heavy atom. The van der Waals surface area contributed by atoms with Crippen molar-refractivity contribution in [3.05, 3.63) is 27.0 Å². The van der Waals surface area contributed by atoms with E-state index < -0.39 is 10.8 Å². The molecule has 1 aromatic rings. The molecule has 7 nitrogen and oxygen atoms in total. The van der Waals surface area contributed by atoms with Crippen LogP contribution in [0.1, 0.15) is 6.42 Å². The van der Waals surface area contributed by atoms with Crippen LogP contribution in [0.4, 0.5) is 11.4 Å². The molecule has 0 bridgehead atoms. The zero-order chi connectivity index (χ0) is 12.6. The number of amides is 1. The van der Waals surface area contributed by atoms with Crippen LogP contribution in [0.5, 0.6) is 0 Å². The van der Waals surface area contributed by atoms with Gasteiger partial charge < -0.3 is 0 Å². The van der Waals surface area contributed by atoms with E-state index in [1.54, 1.807) is 0 Å². The molecule has 1 aliphatic rings. The van der Waals surface area contributed by atoms with Gasteiger partial charge in [-0.05, 0) is 15.9 Å². The Balaban J connectivity index is 2.54. The molecule has 1 aliphatic heterocycles. The van der Waals surface area contributed by atoms with Gasteiger partial charge in [-0.2, -0.15) is 0 Å². The average molecular weight is 300 g/mol. The summed E-state index contributed by atoms with van der Waals surface area (Å²) in [6.45, 7) is -0.137. The highest BCUT2D eigenvalue weighted by Crippen LogP contribution is 2.36. The third kappa shape index (κ3) is 2.03. The smallest absolute Gasteiger partial charge is 0.297 e. The van der Waals surface area contributed by atoms with Crippen LogP contribution in [-0.4, -0.2) is 28.1 Å². The minimum Gasteiger partial charge on any atom is -0.297 e.